The highest BCUT2D eigenvalue weighted by atomic mass is 35.5. The van der Waals surface area contributed by atoms with Gasteiger partial charge < -0.3 is 5.32 Å². The zero-order valence-corrected chi connectivity index (χ0v) is 13.4. The van der Waals surface area contributed by atoms with E-state index in [0.29, 0.717) is 16.1 Å². The van der Waals surface area contributed by atoms with Crippen molar-refractivity contribution in [2.45, 2.75) is 32.6 Å². The molecule has 0 saturated carbocycles. The summed E-state index contributed by atoms with van der Waals surface area (Å²) in [5.41, 5.74) is 2.00. The number of benzene rings is 1. The number of fused-ring (bicyclic) bond motifs is 1. The van der Waals surface area contributed by atoms with E-state index < -0.39 is 0 Å². The Kier molecular flexibility index (Phi) is 4.27. The van der Waals surface area contributed by atoms with Crippen LogP contribution in [-0.4, -0.2) is 10.9 Å². The molecule has 3 rings (SSSR count). The van der Waals surface area contributed by atoms with E-state index in [1.165, 1.54) is 11.3 Å². The maximum Gasteiger partial charge on any atom is 0.230 e. The molecule has 0 radical (unpaired) electrons. The van der Waals surface area contributed by atoms with E-state index >= 15 is 0 Å². The van der Waals surface area contributed by atoms with E-state index in [1.807, 2.05) is 18.2 Å². The lowest BCUT2D eigenvalue weighted by atomic mass is 9.93. The van der Waals surface area contributed by atoms with Crippen molar-refractivity contribution in [1.82, 2.24) is 4.98 Å². The Balaban J connectivity index is 1.67. The van der Waals surface area contributed by atoms with Crippen LogP contribution in [0.2, 0.25) is 5.02 Å². The Hall–Kier alpha value is -1.39. The first-order chi connectivity index (χ1) is 10.1. The number of nitrogens with one attached hydrogen (secondary N) is 1. The second-order valence-corrected chi connectivity index (χ2v) is 7.04. The van der Waals surface area contributed by atoms with E-state index in [1.54, 1.807) is 17.4 Å². The number of hydrogen-bond donors (Lipinski definition) is 1. The highest BCUT2D eigenvalue weighted by Crippen LogP contribution is 2.32. The van der Waals surface area contributed by atoms with Crippen LogP contribution in [0.4, 0.5) is 5.13 Å². The summed E-state index contributed by atoms with van der Waals surface area (Å²) >= 11 is 7.68. The standard InChI is InChI=1S/C16H17ClN2OS/c1-10-6-7-13-14(8-10)21-16(18-13)19-15(20)9-11-4-2-3-5-12(11)17/h2-5,10H,6-9H2,1H3,(H,18,19,20). The minimum absolute atomic E-state index is 0.0674. The summed E-state index contributed by atoms with van der Waals surface area (Å²) < 4.78 is 0. The maximum atomic E-state index is 12.1. The molecule has 1 aromatic carbocycles. The smallest absolute Gasteiger partial charge is 0.230 e. The summed E-state index contributed by atoms with van der Waals surface area (Å²) in [5.74, 6) is 0.645. The van der Waals surface area contributed by atoms with Crippen molar-refractivity contribution in [2.24, 2.45) is 5.92 Å². The first kappa shape index (κ1) is 14.5. The zero-order chi connectivity index (χ0) is 14.8. The van der Waals surface area contributed by atoms with Crippen LogP contribution in [-0.2, 0) is 24.1 Å². The van der Waals surface area contributed by atoms with Crippen LogP contribution >= 0.6 is 22.9 Å². The van der Waals surface area contributed by atoms with Crippen LogP contribution in [0, 0.1) is 5.92 Å². The molecule has 21 heavy (non-hydrogen) atoms. The third-order valence-corrected chi connectivity index (χ3v) is 5.15. The van der Waals surface area contributed by atoms with Gasteiger partial charge in [-0.05, 0) is 36.8 Å². The Bertz CT molecular complexity index is 668. The van der Waals surface area contributed by atoms with E-state index in [2.05, 4.69) is 17.2 Å². The number of carbonyl (C=O) groups is 1. The van der Waals surface area contributed by atoms with Gasteiger partial charge >= 0.3 is 0 Å². The Labute approximate surface area is 133 Å². The molecule has 5 heteroatoms. The molecule has 1 aliphatic rings. The predicted octanol–water partition coefficient (Wildman–Crippen LogP) is 4.10. The molecule has 0 saturated heterocycles. The van der Waals surface area contributed by atoms with Crippen LogP contribution < -0.4 is 5.32 Å². The summed E-state index contributed by atoms with van der Waals surface area (Å²) in [6.45, 7) is 2.26. The molecular formula is C16H17ClN2OS. The van der Waals surface area contributed by atoms with Gasteiger partial charge in [0.2, 0.25) is 5.91 Å². The van der Waals surface area contributed by atoms with Crippen molar-refractivity contribution in [3.8, 4) is 0 Å². The number of nitrogens with zero attached hydrogens (tertiary/aromatic N) is 1. The molecule has 1 amide bonds. The van der Waals surface area contributed by atoms with Crippen LogP contribution in [0.15, 0.2) is 24.3 Å². The predicted molar refractivity (Wildman–Crippen MR) is 87.1 cm³/mol. The number of aryl methyl sites for hydroxylation is 1. The van der Waals surface area contributed by atoms with Gasteiger partial charge in [0.1, 0.15) is 0 Å². The molecule has 0 bridgehead atoms. The highest BCUT2D eigenvalue weighted by Gasteiger charge is 2.20. The molecule has 1 unspecified atom stereocenters. The van der Waals surface area contributed by atoms with Crippen molar-refractivity contribution in [3.05, 3.63) is 45.4 Å². The topological polar surface area (TPSA) is 42.0 Å². The summed E-state index contributed by atoms with van der Waals surface area (Å²) in [4.78, 5) is 18.0. The quantitative estimate of drug-likeness (QED) is 0.925. The number of aromatic nitrogens is 1. The van der Waals surface area contributed by atoms with Gasteiger partial charge in [-0.25, -0.2) is 4.98 Å². The monoisotopic (exact) mass is 320 g/mol. The lowest BCUT2D eigenvalue weighted by molar-refractivity contribution is -0.115. The fourth-order valence-corrected chi connectivity index (χ4v) is 3.96. The van der Waals surface area contributed by atoms with Gasteiger partial charge in [0.05, 0.1) is 12.1 Å². The summed E-state index contributed by atoms with van der Waals surface area (Å²) in [6, 6.07) is 7.42. The van der Waals surface area contributed by atoms with Gasteiger partial charge in [-0.2, -0.15) is 0 Å². The summed E-state index contributed by atoms with van der Waals surface area (Å²) in [7, 11) is 0. The fraction of sp³-hybridized carbons (Fsp3) is 0.375. The van der Waals surface area contributed by atoms with Crippen molar-refractivity contribution in [2.75, 3.05) is 5.32 Å². The Morgan fingerprint density at radius 2 is 2.29 bits per heavy atom. The van der Waals surface area contributed by atoms with E-state index in [9.17, 15) is 4.79 Å². The largest absolute Gasteiger partial charge is 0.302 e. The van der Waals surface area contributed by atoms with Crippen molar-refractivity contribution in [3.63, 3.8) is 0 Å². The zero-order valence-electron chi connectivity index (χ0n) is 11.9. The van der Waals surface area contributed by atoms with Crippen molar-refractivity contribution >= 4 is 34.0 Å². The molecule has 3 nitrogen and oxygen atoms in total. The second-order valence-electron chi connectivity index (χ2n) is 5.55. The van der Waals surface area contributed by atoms with E-state index in [-0.39, 0.29) is 12.3 Å². The molecule has 0 aliphatic heterocycles. The normalized spacial score (nSPS) is 17.3. The minimum Gasteiger partial charge on any atom is -0.302 e. The minimum atomic E-state index is -0.0674. The van der Waals surface area contributed by atoms with Gasteiger partial charge in [0.25, 0.3) is 0 Å². The Morgan fingerprint density at radius 3 is 3.10 bits per heavy atom. The van der Waals surface area contributed by atoms with Crippen LogP contribution in [0.5, 0.6) is 0 Å². The van der Waals surface area contributed by atoms with Crippen molar-refractivity contribution in [1.29, 1.82) is 0 Å². The van der Waals surface area contributed by atoms with E-state index in [4.69, 9.17) is 11.6 Å². The fourth-order valence-electron chi connectivity index (χ4n) is 2.57. The molecule has 110 valence electrons. The number of hydrogen-bond acceptors (Lipinski definition) is 3. The number of rotatable bonds is 3. The molecule has 1 atom stereocenters. The van der Waals surface area contributed by atoms with Crippen LogP contribution in [0.3, 0.4) is 0 Å². The third kappa shape index (κ3) is 3.44. The van der Waals surface area contributed by atoms with Gasteiger partial charge in [0, 0.05) is 9.90 Å². The maximum absolute atomic E-state index is 12.1. The number of carbonyl (C=O) groups excluding carboxylic acids is 1. The first-order valence-electron chi connectivity index (χ1n) is 7.13. The molecule has 0 fully saturated rings. The lowest BCUT2D eigenvalue weighted by Crippen LogP contribution is -2.14. The second kappa shape index (κ2) is 6.16. The first-order valence-corrected chi connectivity index (χ1v) is 8.33. The van der Waals surface area contributed by atoms with Crippen LogP contribution in [0.25, 0.3) is 0 Å². The molecule has 2 aromatic rings. The average Bonchev–Trinajstić information content (AvgIpc) is 2.82. The number of anilines is 1. The Morgan fingerprint density at radius 1 is 1.48 bits per heavy atom. The molecule has 1 aliphatic carbocycles. The van der Waals surface area contributed by atoms with Gasteiger partial charge in [-0.15, -0.1) is 11.3 Å². The number of thiazole rings is 1. The number of amides is 1. The molecule has 0 spiro atoms. The van der Waals surface area contributed by atoms with Crippen LogP contribution in [0.1, 0.15) is 29.5 Å². The molecular weight excluding hydrogens is 304 g/mol. The van der Waals surface area contributed by atoms with Crippen molar-refractivity contribution < 1.29 is 4.79 Å². The molecule has 1 aromatic heterocycles. The number of halogens is 1. The van der Waals surface area contributed by atoms with Gasteiger partial charge in [-0.3, -0.25) is 4.79 Å². The van der Waals surface area contributed by atoms with E-state index in [0.717, 1.165) is 24.1 Å². The third-order valence-electron chi connectivity index (χ3n) is 3.74. The average molecular weight is 321 g/mol. The molecule has 1 N–H and O–H groups in total. The SMILES string of the molecule is CC1CCc2nc(NC(=O)Cc3ccccc3Cl)sc2C1. The highest BCUT2D eigenvalue weighted by molar-refractivity contribution is 7.15. The van der Waals surface area contributed by atoms with Gasteiger partial charge in [-0.1, -0.05) is 36.7 Å². The molecule has 1 heterocycles. The summed E-state index contributed by atoms with van der Waals surface area (Å²) in [6.07, 6.45) is 3.56. The van der Waals surface area contributed by atoms with Gasteiger partial charge in [0.15, 0.2) is 5.13 Å². The lowest BCUT2D eigenvalue weighted by Gasteiger charge is -2.15. The summed E-state index contributed by atoms with van der Waals surface area (Å²) in [5, 5.41) is 4.24.